The van der Waals surface area contributed by atoms with Gasteiger partial charge < -0.3 is 10.1 Å². The first-order valence-corrected chi connectivity index (χ1v) is 6.22. The third-order valence-corrected chi connectivity index (χ3v) is 3.77. The van der Waals surface area contributed by atoms with Gasteiger partial charge in [0.05, 0.1) is 23.4 Å². The fourth-order valence-corrected chi connectivity index (χ4v) is 3.00. The lowest BCUT2D eigenvalue weighted by atomic mass is 10.2. The van der Waals surface area contributed by atoms with Crippen molar-refractivity contribution < 1.29 is 4.74 Å². The van der Waals surface area contributed by atoms with Gasteiger partial charge in [0, 0.05) is 31.0 Å². The minimum absolute atomic E-state index is 0.213. The van der Waals surface area contributed by atoms with E-state index >= 15 is 0 Å². The number of thioether (sulfide) groups is 1. The van der Waals surface area contributed by atoms with Crippen molar-refractivity contribution in [3.63, 3.8) is 0 Å². The second-order valence-electron chi connectivity index (χ2n) is 3.60. The van der Waals surface area contributed by atoms with Crippen LogP contribution in [0.5, 0.6) is 0 Å². The lowest BCUT2D eigenvalue weighted by Gasteiger charge is -2.20. The molecule has 1 aromatic heterocycles. The van der Waals surface area contributed by atoms with Crippen LogP contribution in [0.1, 0.15) is 5.56 Å². The van der Waals surface area contributed by atoms with Crippen LogP contribution >= 0.6 is 11.8 Å². The van der Waals surface area contributed by atoms with Crippen LogP contribution in [0.2, 0.25) is 0 Å². The minimum atomic E-state index is 0.213. The average Bonchev–Trinajstić information content (AvgIpc) is 2.77. The Morgan fingerprint density at radius 1 is 1.62 bits per heavy atom. The summed E-state index contributed by atoms with van der Waals surface area (Å²) in [6.07, 6.45) is 3.48. The first kappa shape index (κ1) is 11.2. The summed E-state index contributed by atoms with van der Waals surface area (Å²) in [4.78, 5) is 3.93. The number of methoxy groups -OCH3 is 1. The number of pyridine rings is 1. The predicted molar refractivity (Wildman–Crippen MR) is 64.5 cm³/mol. The predicted octanol–water partition coefficient (Wildman–Crippen LogP) is 1.50. The SMILES string of the molecule is COC1CSCC1Nc1ccncc1C#N. The number of hydrogen-bond donors (Lipinski definition) is 1. The molecule has 0 spiro atoms. The van der Waals surface area contributed by atoms with Gasteiger partial charge >= 0.3 is 0 Å². The van der Waals surface area contributed by atoms with Gasteiger partial charge in [-0.15, -0.1) is 0 Å². The molecule has 2 unspecified atom stereocenters. The summed E-state index contributed by atoms with van der Waals surface area (Å²) >= 11 is 1.86. The highest BCUT2D eigenvalue weighted by Crippen LogP contribution is 2.24. The smallest absolute Gasteiger partial charge is 0.103 e. The molecule has 1 N–H and O–H groups in total. The number of ether oxygens (including phenoxy) is 1. The second-order valence-corrected chi connectivity index (χ2v) is 4.67. The number of rotatable bonds is 3. The van der Waals surface area contributed by atoms with Crippen LogP contribution in [-0.4, -0.2) is 35.7 Å². The minimum Gasteiger partial charge on any atom is -0.378 e. The molecule has 5 heteroatoms. The standard InChI is InChI=1S/C11H13N3OS/c1-15-11-7-16-6-10(11)14-9-2-3-13-5-8(9)4-12/h2-3,5,10-11H,6-7H2,1H3,(H,13,14). The topological polar surface area (TPSA) is 57.9 Å². The Hall–Kier alpha value is -1.25. The van der Waals surface area contributed by atoms with Gasteiger partial charge in [0.25, 0.3) is 0 Å². The van der Waals surface area contributed by atoms with E-state index < -0.39 is 0 Å². The van der Waals surface area contributed by atoms with Gasteiger partial charge in [-0.3, -0.25) is 4.98 Å². The van der Waals surface area contributed by atoms with Crippen LogP contribution in [0.4, 0.5) is 5.69 Å². The molecule has 16 heavy (non-hydrogen) atoms. The third-order valence-electron chi connectivity index (χ3n) is 2.61. The fraction of sp³-hybridized carbons (Fsp3) is 0.455. The number of nitrogens with one attached hydrogen (secondary N) is 1. The Bertz CT molecular complexity index is 404. The summed E-state index contributed by atoms with van der Waals surface area (Å²) in [6, 6.07) is 4.23. The first-order chi connectivity index (χ1) is 7.85. The van der Waals surface area contributed by atoms with Crippen LogP contribution in [0.15, 0.2) is 18.5 Å². The van der Waals surface area contributed by atoms with Crippen molar-refractivity contribution >= 4 is 17.4 Å². The van der Waals surface area contributed by atoms with Crippen LogP contribution in [-0.2, 0) is 4.74 Å². The van der Waals surface area contributed by atoms with Crippen LogP contribution in [0, 0.1) is 11.3 Å². The van der Waals surface area contributed by atoms with Crippen LogP contribution in [0.25, 0.3) is 0 Å². The highest BCUT2D eigenvalue weighted by molar-refractivity contribution is 7.99. The molecule has 0 aromatic carbocycles. The van der Waals surface area contributed by atoms with Gasteiger partial charge in [-0.2, -0.15) is 17.0 Å². The van der Waals surface area contributed by atoms with Gasteiger partial charge in [0.1, 0.15) is 6.07 Å². The van der Waals surface area contributed by atoms with Crippen molar-refractivity contribution in [1.29, 1.82) is 5.26 Å². The monoisotopic (exact) mass is 235 g/mol. The molecule has 1 aromatic rings. The molecule has 1 saturated heterocycles. The van der Waals surface area contributed by atoms with Gasteiger partial charge in [0.15, 0.2) is 0 Å². The zero-order valence-electron chi connectivity index (χ0n) is 9.01. The van der Waals surface area contributed by atoms with Crippen molar-refractivity contribution in [3.8, 4) is 6.07 Å². The van der Waals surface area contributed by atoms with E-state index in [1.54, 1.807) is 19.5 Å². The molecule has 1 fully saturated rings. The molecule has 2 rings (SSSR count). The Morgan fingerprint density at radius 3 is 3.25 bits per heavy atom. The molecule has 0 bridgehead atoms. The average molecular weight is 235 g/mol. The third kappa shape index (κ3) is 2.29. The van der Waals surface area contributed by atoms with Crippen LogP contribution in [0.3, 0.4) is 0 Å². The molecule has 2 heterocycles. The summed E-state index contributed by atoms with van der Waals surface area (Å²) in [7, 11) is 1.73. The number of hydrogen-bond acceptors (Lipinski definition) is 5. The van der Waals surface area contributed by atoms with Crippen molar-refractivity contribution in [2.24, 2.45) is 0 Å². The Morgan fingerprint density at radius 2 is 2.50 bits per heavy atom. The fourth-order valence-electron chi connectivity index (χ4n) is 1.71. The zero-order valence-corrected chi connectivity index (χ0v) is 9.83. The van der Waals surface area contributed by atoms with E-state index in [-0.39, 0.29) is 12.1 Å². The number of nitriles is 1. The van der Waals surface area contributed by atoms with Gasteiger partial charge in [-0.25, -0.2) is 0 Å². The molecule has 0 aliphatic carbocycles. The van der Waals surface area contributed by atoms with E-state index in [1.807, 2.05) is 17.8 Å². The highest BCUT2D eigenvalue weighted by Gasteiger charge is 2.27. The van der Waals surface area contributed by atoms with E-state index in [1.165, 1.54) is 0 Å². The second kappa shape index (κ2) is 5.19. The molecule has 84 valence electrons. The molecule has 0 amide bonds. The number of anilines is 1. The van der Waals surface area contributed by atoms with E-state index in [0.29, 0.717) is 5.56 Å². The summed E-state index contributed by atoms with van der Waals surface area (Å²) in [5.74, 6) is 2.01. The molecule has 1 aliphatic heterocycles. The molecular formula is C11H13N3OS. The van der Waals surface area contributed by atoms with Crippen molar-refractivity contribution in [2.75, 3.05) is 23.9 Å². The normalized spacial score (nSPS) is 24.0. The van der Waals surface area contributed by atoms with E-state index in [2.05, 4.69) is 16.4 Å². The molecule has 2 atom stereocenters. The molecule has 0 saturated carbocycles. The Kier molecular flexibility index (Phi) is 3.65. The highest BCUT2D eigenvalue weighted by atomic mass is 32.2. The summed E-state index contributed by atoms with van der Waals surface area (Å²) in [5.41, 5.74) is 1.42. The van der Waals surface area contributed by atoms with Gasteiger partial charge in [-0.05, 0) is 6.07 Å². The van der Waals surface area contributed by atoms with Crippen molar-refractivity contribution in [2.45, 2.75) is 12.1 Å². The number of nitrogens with zero attached hydrogens (tertiary/aromatic N) is 2. The van der Waals surface area contributed by atoms with Gasteiger partial charge in [-0.1, -0.05) is 0 Å². The molecule has 4 nitrogen and oxygen atoms in total. The van der Waals surface area contributed by atoms with E-state index in [0.717, 1.165) is 17.2 Å². The maximum absolute atomic E-state index is 8.95. The maximum atomic E-state index is 8.95. The largest absolute Gasteiger partial charge is 0.378 e. The quantitative estimate of drug-likeness (QED) is 0.860. The molecule has 1 aliphatic rings. The van der Waals surface area contributed by atoms with Crippen LogP contribution < -0.4 is 5.32 Å². The number of aromatic nitrogens is 1. The lowest BCUT2D eigenvalue weighted by Crippen LogP contribution is -2.33. The summed E-state index contributed by atoms with van der Waals surface area (Å²) in [5, 5.41) is 12.3. The van der Waals surface area contributed by atoms with Crippen molar-refractivity contribution in [3.05, 3.63) is 24.0 Å². The molecule has 0 radical (unpaired) electrons. The summed E-state index contributed by atoms with van der Waals surface area (Å²) in [6.45, 7) is 0. The Labute approximate surface area is 99.0 Å². The van der Waals surface area contributed by atoms with E-state index in [9.17, 15) is 0 Å². The Balaban J connectivity index is 2.12. The van der Waals surface area contributed by atoms with Gasteiger partial charge in [0.2, 0.25) is 0 Å². The maximum Gasteiger partial charge on any atom is 0.103 e. The first-order valence-electron chi connectivity index (χ1n) is 5.06. The summed E-state index contributed by atoms with van der Waals surface area (Å²) < 4.78 is 5.39. The van der Waals surface area contributed by atoms with E-state index in [4.69, 9.17) is 10.00 Å². The van der Waals surface area contributed by atoms with Crippen molar-refractivity contribution in [1.82, 2.24) is 4.98 Å². The zero-order chi connectivity index (χ0) is 11.4. The molecular weight excluding hydrogens is 222 g/mol. The lowest BCUT2D eigenvalue weighted by molar-refractivity contribution is 0.116.